The molecule has 0 saturated heterocycles. The lowest BCUT2D eigenvalue weighted by molar-refractivity contribution is 0.619. The summed E-state index contributed by atoms with van der Waals surface area (Å²) >= 11 is 0. The third-order valence-corrected chi connectivity index (χ3v) is 3.67. The fraction of sp³-hybridized carbons (Fsp3) is 0.312. The second-order valence-electron chi connectivity index (χ2n) is 5.54. The Morgan fingerprint density at radius 2 is 2.05 bits per heavy atom. The van der Waals surface area contributed by atoms with Crippen LogP contribution in [0.3, 0.4) is 0 Å². The Morgan fingerprint density at radius 1 is 1.27 bits per heavy atom. The van der Waals surface area contributed by atoms with Crippen LogP contribution in [0, 0.1) is 5.82 Å². The van der Waals surface area contributed by atoms with Gasteiger partial charge in [-0.15, -0.1) is 0 Å². The third kappa shape index (κ3) is 2.30. The fourth-order valence-electron chi connectivity index (χ4n) is 2.74. The molecule has 0 aliphatic carbocycles. The van der Waals surface area contributed by atoms with Crippen molar-refractivity contribution in [2.45, 2.75) is 19.8 Å². The number of fused-ring (bicyclic) bond motifs is 1. The Morgan fingerprint density at radius 3 is 2.73 bits per heavy atom. The van der Waals surface area contributed by atoms with Crippen molar-refractivity contribution >= 4 is 16.9 Å². The van der Waals surface area contributed by atoms with E-state index in [0.717, 1.165) is 22.2 Å². The molecular formula is C16H18FN5. The molecule has 0 unspecified atom stereocenters. The molecule has 1 N–H and O–H groups in total. The van der Waals surface area contributed by atoms with E-state index in [0.29, 0.717) is 17.6 Å². The van der Waals surface area contributed by atoms with E-state index in [9.17, 15) is 4.39 Å². The molecule has 114 valence electrons. The largest absolute Gasteiger partial charge is 0.357 e. The Hall–Kier alpha value is -2.50. The molecule has 0 radical (unpaired) electrons. The maximum atomic E-state index is 14.1. The maximum absolute atomic E-state index is 14.1. The number of aromatic nitrogens is 4. The van der Waals surface area contributed by atoms with E-state index in [-0.39, 0.29) is 0 Å². The van der Waals surface area contributed by atoms with Crippen LogP contribution in [-0.4, -0.2) is 26.8 Å². The van der Waals surface area contributed by atoms with Crippen LogP contribution in [-0.2, 0) is 7.05 Å². The molecule has 3 rings (SSSR count). The summed E-state index contributed by atoms with van der Waals surface area (Å²) < 4.78 is 16.0. The molecule has 5 nitrogen and oxygen atoms in total. The van der Waals surface area contributed by atoms with E-state index in [1.165, 1.54) is 6.20 Å². The Balaban J connectivity index is 2.22. The Bertz CT molecular complexity index is 838. The summed E-state index contributed by atoms with van der Waals surface area (Å²) in [4.78, 5) is 8.11. The standard InChI is InChI=1S/C16H18FN5/c1-9(2)15-11-7-10(5-6-13(11)21-22(15)4)14-12(17)8-19-16(18-3)20-14/h5-9H,1-4H3,(H,18,19,20). The number of rotatable bonds is 3. The lowest BCUT2D eigenvalue weighted by Crippen LogP contribution is -2.00. The summed E-state index contributed by atoms with van der Waals surface area (Å²) in [5.41, 5.74) is 3.04. The SMILES string of the molecule is CNc1ncc(F)c(-c2ccc3nn(C)c(C(C)C)c3c2)n1. The first-order chi connectivity index (χ1) is 10.5. The first-order valence-corrected chi connectivity index (χ1v) is 7.18. The number of anilines is 1. The predicted octanol–water partition coefficient (Wildman–Crippen LogP) is 3.33. The van der Waals surface area contributed by atoms with E-state index >= 15 is 0 Å². The second-order valence-corrected chi connectivity index (χ2v) is 5.54. The van der Waals surface area contributed by atoms with Gasteiger partial charge in [0.15, 0.2) is 5.82 Å². The minimum atomic E-state index is -0.437. The van der Waals surface area contributed by atoms with Crippen LogP contribution < -0.4 is 5.32 Å². The van der Waals surface area contributed by atoms with Crippen LogP contribution in [0.5, 0.6) is 0 Å². The average Bonchev–Trinajstić information content (AvgIpc) is 2.82. The number of hydrogen-bond acceptors (Lipinski definition) is 4. The number of benzene rings is 1. The van der Waals surface area contributed by atoms with Crippen molar-refractivity contribution in [2.75, 3.05) is 12.4 Å². The van der Waals surface area contributed by atoms with Gasteiger partial charge in [-0.25, -0.2) is 14.4 Å². The van der Waals surface area contributed by atoms with Gasteiger partial charge in [-0.1, -0.05) is 19.9 Å². The summed E-state index contributed by atoms with van der Waals surface area (Å²) in [6, 6.07) is 5.68. The van der Waals surface area contributed by atoms with Crippen LogP contribution >= 0.6 is 0 Å². The topological polar surface area (TPSA) is 55.6 Å². The lowest BCUT2D eigenvalue weighted by Gasteiger charge is -2.08. The molecule has 2 aromatic heterocycles. The molecule has 1 aromatic carbocycles. The van der Waals surface area contributed by atoms with E-state index < -0.39 is 5.82 Å². The zero-order chi connectivity index (χ0) is 15.9. The number of nitrogens with one attached hydrogen (secondary N) is 1. The van der Waals surface area contributed by atoms with E-state index in [4.69, 9.17) is 0 Å². The number of halogens is 1. The lowest BCUT2D eigenvalue weighted by atomic mass is 10.0. The van der Waals surface area contributed by atoms with Crippen molar-refractivity contribution in [3.63, 3.8) is 0 Å². The number of aryl methyl sites for hydroxylation is 1. The first kappa shape index (κ1) is 14.4. The van der Waals surface area contributed by atoms with Crippen LogP contribution in [0.25, 0.3) is 22.2 Å². The van der Waals surface area contributed by atoms with Gasteiger partial charge in [-0.3, -0.25) is 4.68 Å². The van der Waals surface area contributed by atoms with Gasteiger partial charge in [0.05, 0.1) is 11.7 Å². The van der Waals surface area contributed by atoms with Gasteiger partial charge in [0.1, 0.15) is 5.69 Å². The maximum Gasteiger partial charge on any atom is 0.223 e. The van der Waals surface area contributed by atoms with E-state index in [1.54, 1.807) is 7.05 Å². The van der Waals surface area contributed by atoms with Crippen LogP contribution in [0.1, 0.15) is 25.5 Å². The molecule has 0 spiro atoms. The zero-order valence-electron chi connectivity index (χ0n) is 13.1. The summed E-state index contributed by atoms with van der Waals surface area (Å²) in [5.74, 6) is 0.286. The Labute approximate surface area is 128 Å². The van der Waals surface area contributed by atoms with Gasteiger partial charge >= 0.3 is 0 Å². The number of nitrogens with zero attached hydrogens (tertiary/aromatic N) is 4. The first-order valence-electron chi connectivity index (χ1n) is 7.18. The average molecular weight is 299 g/mol. The van der Waals surface area contributed by atoms with Gasteiger partial charge < -0.3 is 5.32 Å². The monoisotopic (exact) mass is 299 g/mol. The Kier molecular flexibility index (Phi) is 3.52. The quantitative estimate of drug-likeness (QED) is 0.806. The van der Waals surface area contributed by atoms with Crippen molar-refractivity contribution in [1.29, 1.82) is 0 Å². The molecule has 0 aliphatic heterocycles. The fourth-order valence-corrected chi connectivity index (χ4v) is 2.74. The third-order valence-electron chi connectivity index (χ3n) is 3.67. The molecule has 2 heterocycles. The predicted molar refractivity (Wildman–Crippen MR) is 85.3 cm³/mol. The van der Waals surface area contributed by atoms with Crippen LogP contribution in [0.15, 0.2) is 24.4 Å². The van der Waals surface area contributed by atoms with Gasteiger partial charge in [-0.2, -0.15) is 5.10 Å². The molecule has 0 bridgehead atoms. The van der Waals surface area contributed by atoms with Crippen molar-refractivity contribution < 1.29 is 4.39 Å². The molecule has 6 heteroatoms. The highest BCUT2D eigenvalue weighted by Crippen LogP contribution is 2.30. The normalized spacial score (nSPS) is 11.4. The highest BCUT2D eigenvalue weighted by molar-refractivity contribution is 5.86. The minimum Gasteiger partial charge on any atom is -0.357 e. The number of hydrogen-bond donors (Lipinski definition) is 1. The van der Waals surface area contributed by atoms with Crippen molar-refractivity contribution in [3.05, 3.63) is 35.9 Å². The van der Waals surface area contributed by atoms with Gasteiger partial charge in [0.2, 0.25) is 5.95 Å². The molecule has 0 saturated carbocycles. The minimum absolute atomic E-state index is 0.291. The summed E-state index contributed by atoms with van der Waals surface area (Å²) in [6.07, 6.45) is 1.19. The smallest absolute Gasteiger partial charge is 0.223 e. The van der Waals surface area contributed by atoms with Gasteiger partial charge in [0, 0.05) is 30.7 Å². The van der Waals surface area contributed by atoms with Crippen molar-refractivity contribution in [2.24, 2.45) is 7.05 Å². The molecule has 0 atom stereocenters. The molecule has 3 aromatic rings. The van der Waals surface area contributed by atoms with E-state index in [2.05, 4.69) is 34.2 Å². The zero-order valence-corrected chi connectivity index (χ0v) is 13.1. The molecular weight excluding hydrogens is 281 g/mol. The van der Waals surface area contributed by atoms with Crippen LogP contribution in [0.2, 0.25) is 0 Å². The molecule has 0 amide bonds. The van der Waals surface area contributed by atoms with Gasteiger partial charge in [-0.05, 0) is 18.1 Å². The second kappa shape index (κ2) is 5.36. The summed E-state index contributed by atoms with van der Waals surface area (Å²) in [6.45, 7) is 4.24. The summed E-state index contributed by atoms with van der Waals surface area (Å²) in [5, 5.41) is 8.36. The summed E-state index contributed by atoms with van der Waals surface area (Å²) in [7, 11) is 3.64. The molecule has 0 aliphatic rings. The highest BCUT2D eigenvalue weighted by atomic mass is 19.1. The molecule has 22 heavy (non-hydrogen) atoms. The molecule has 0 fully saturated rings. The van der Waals surface area contributed by atoms with Crippen LogP contribution in [0.4, 0.5) is 10.3 Å². The van der Waals surface area contributed by atoms with Gasteiger partial charge in [0.25, 0.3) is 0 Å². The van der Waals surface area contributed by atoms with Crippen molar-refractivity contribution in [3.8, 4) is 11.3 Å². The van der Waals surface area contributed by atoms with Crippen molar-refractivity contribution in [1.82, 2.24) is 19.7 Å². The highest BCUT2D eigenvalue weighted by Gasteiger charge is 2.15. The van der Waals surface area contributed by atoms with E-state index in [1.807, 2.05) is 29.9 Å².